The highest BCUT2D eigenvalue weighted by Gasteiger charge is 2.42. The second-order valence-corrected chi connectivity index (χ2v) is 9.83. The molecule has 0 saturated heterocycles. The minimum atomic E-state index is -5.24. The molecule has 0 N–H and O–H groups in total. The molecule has 2 aromatic heterocycles. The molecule has 0 atom stereocenters. The molecule has 0 spiro atoms. The van der Waals surface area contributed by atoms with E-state index < -0.39 is 119 Å². The maximum Gasteiger partial charge on any atom is 0.433 e. The average Bonchev–Trinajstić information content (AvgIpc) is 3.54. The highest BCUT2D eigenvalue weighted by molar-refractivity contribution is 6.30. The summed E-state index contributed by atoms with van der Waals surface area (Å²) in [6.45, 7) is 0. The van der Waals surface area contributed by atoms with Crippen LogP contribution in [0.5, 0.6) is 0 Å². The third-order valence-electron chi connectivity index (χ3n) is 7.22. The van der Waals surface area contributed by atoms with Crippen LogP contribution in [0.1, 0.15) is 44.8 Å². The molecule has 1 aromatic carbocycles. The molecule has 17 heteroatoms. The molecular formula is C32H5F9N8. The topological polar surface area (TPSA) is 169 Å². The quantitative estimate of drug-likeness (QED) is 0.154. The first kappa shape index (κ1) is 33.2. The second-order valence-electron chi connectivity index (χ2n) is 9.83. The molecule has 0 radical (unpaired) electrons. The molecule has 3 aromatic rings. The zero-order valence-electron chi connectivity index (χ0n) is 23.4. The van der Waals surface area contributed by atoms with Gasteiger partial charge in [-0.15, -0.1) is 0 Å². The molecule has 49 heavy (non-hydrogen) atoms. The summed E-state index contributed by atoms with van der Waals surface area (Å²) in [6.07, 6.45) is -10.5. The number of fused-ring (bicyclic) bond motifs is 2. The maximum atomic E-state index is 16.8. The van der Waals surface area contributed by atoms with E-state index in [-0.39, 0.29) is 12.1 Å². The minimum Gasteiger partial charge on any atom is -0.215 e. The largest absolute Gasteiger partial charge is 0.433 e. The van der Waals surface area contributed by atoms with Crippen molar-refractivity contribution in [1.82, 2.24) is 9.97 Å². The van der Waals surface area contributed by atoms with Crippen LogP contribution in [-0.4, -0.2) is 9.97 Å². The fraction of sp³-hybridized carbons (Fsp3) is 0.0625. The number of halogens is 9. The van der Waals surface area contributed by atoms with Crippen molar-refractivity contribution in [3.05, 3.63) is 104 Å². The van der Waals surface area contributed by atoms with Crippen molar-refractivity contribution in [2.45, 2.75) is 12.4 Å². The van der Waals surface area contributed by atoms with Gasteiger partial charge in [0.1, 0.15) is 64.8 Å². The van der Waals surface area contributed by atoms with E-state index in [0.29, 0.717) is 12.1 Å². The smallest absolute Gasteiger partial charge is 0.215 e. The van der Waals surface area contributed by atoms with Crippen molar-refractivity contribution in [2.24, 2.45) is 0 Å². The van der Waals surface area contributed by atoms with Crippen molar-refractivity contribution in [3.8, 4) is 36.4 Å². The van der Waals surface area contributed by atoms with Crippen LogP contribution >= 0.6 is 0 Å². The molecule has 8 nitrogen and oxygen atoms in total. The minimum absolute atomic E-state index is 0.267. The first-order valence-electron chi connectivity index (χ1n) is 12.8. The van der Waals surface area contributed by atoms with Gasteiger partial charge in [0.2, 0.25) is 11.9 Å². The number of rotatable bonds is 2. The Labute approximate surface area is 267 Å². The number of nitrogens with zero attached hydrogens (tertiary/aromatic N) is 8. The number of alkyl halides is 6. The van der Waals surface area contributed by atoms with E-state index in [1.165, 1.54) is 36.4 Å². The number of hydrogen-bond acceptors (Lipinski definition) is 8. The van der Waals surface area contributed by atoms with Gasteiger partial charge in [0.05, 0.1) is 11.1 Å². The number of pyridine rings is 2. The Balaban J connectivity index is 1.99. The van der Waals surface area contributed by atoms with E-state index in [1.807, 2.05) is 0 Å². The van der Waals surface area contributed by atoms with Crippen molar-refractivity contribution in [1.29, 1.82) is 31.6 Å². The van der Waals surface area contributed by atoms with E-state index >= 15 is 4.39 Å². The second kappa shape index (κ2) is 11.5. The number of hydrogen-bond donors (Lipinski definition) is 0. The highest BCUT2D eigenvalue weighted by atomic mass is 19.4. The first-order valence-corrected chi connectivity index (χ1v) is 12.8. The molecule has 236 valence electrons. The summed E-state index contributed by atoms with van der Waals surface area (Å²) in [6, 6.07) is 11.1. The summed E-state index contributed by atoms with van der Waals surface area (Å²) in [7, 11) is 0. The molecule has 0 amide bonds. The molecule has 0 unspecified atom stereocenters. The summed E-state index contributed by atoms with van der Waals surface area (Å²) in [5, 5.41) is 59.4. The Bertz CT molecular complexity index is 2260. The molecule has 0 fully saturated rings. The number of benzene rings is 1. The predicted molar refractivity (Wildman–Crippen MR) is 146 cm³/mol. The van der Waals surface area contributed by atoms with Gasteiger partial charge >= 0.3 is 12.4 Å². The summed E-state index contributed by atoms with van der Waals surface area (Å²) in [5.74, 6) is -5.01. The van der Waals surface area contributed by atoms with Crippen LogP contribution in [0.25, 0.3) is 33.4 Å². The number of nitriles is 6. The van der Waals surface area contributed by atoms with Crippen molar-refractivity contribution in [3.63, 3.8) is 0 Å². The Morgan fingerprint density at radius 3 is 1.16 bits per heavy atom. The Morgan fingerprint density at radius 1 is 0.531 bits per heavy atom. The summed E-state index contributed by atoms with van der Waals surface area (Å²) in [4.78, 5) is 5.52. The first-order chi connectivity index (χ1) is 23.1. The monoisotopic (exact) mass is 672 g/mol. The van der Waals surface area contributed by atoms with Crippen LogP contribution < -0.4 is 0 Å². The fourth-order valence-corrected chi connectivity index (χ4v) is 5.47. The molecule has 5 rings (SSSR count). The van der Waals surface area contributed by atoms with Gasteiger partial charge in [-0.1, -0.05) is 0 Å². The third-order valence-corrected chi connectivity index (χ3v) is 7.22. The van der Waals surface area contributed by atoms with Gasteiger partial charge in [-0.25, -0.2) is 14.4 Å². The zero-order valence-corrected chi connectivity index (χ0v) is 23.4. The van der Waals surface area contributed by atoms with Crippen LogP contribution in [0.2, 0.25) is 0 Å². The molecule has 0 aliphatic heterocycles. The van der Waals surface area contributed by atoms with Gasteiger partial charge in [0.25, 0.3) is 0 Å². The molecule has 2 aliphatic carbocycles. The van der Waals surface area contributed by atoms with E-state index in [2.05, 4.69) is 9.97 Å². The normalized spacial score (nSPS) is 13.4. The van der Waals surface area contributed by atoms with E-state index in [1.54, 1.807) is 0 Å². The van der Waals surface area contributed by atoms with Crippen molar-refractivity contribution < 1.29 is 39.5 Å². The molecule has 0 bridgehead atoms. The van der Waals surface area contributed by atoms with Gasteiger partial charge in [-0.05, 0) is 40.5 Å². The lowest BCUT2D eigenvalue weighted by Crippen LogP contribution is -2.10. The molecule has 2 aliphatic rings. The lowest BCUT2D eigenvalue weighted by atomic mass is 9.89. The van der Waals surface area contributed by atoms with E-state index in [0.717, 1.165) is 6.07 Å². The van der Waals surface area contributed by atoms with Crippen LogP contribution in [0.3, 0.4) is 0 Å². The van der Waals surface area contributed by atoms with Gasteiger partial charge in [0.15, 0.2) is 0 Å². The zero-order chi connectivity index (χ0) is 36.2. The van der Waals surface area contributed by atoms with Gasteiger partial charge in [-0.3, -0.25) is 0 Å². The maximum absolute atomic E-state index is 16.8. The van der Waals surface area contributed by atoms with E-state index in [9.17, 15) is 66.7 Å². The van der Waals surface area contributed by atoms with Crippen molar-refractivity contribution >= 4 is 33.4 Å². The SMILES string of the molecule is N#CC(C#N)=C1C(c2cc(F)nc(C(F)(F)F)c2)=C(C#N)c2c1cc1c(c2F)C(C#N)=C(c2cc(F)nc(C(F)(F)F)c2)C1=C(C#N)C#N. The predicted octanol–water partition coefficient (Wildman–Crippen LogP) is 7.43. The Kier molecular flexibility index (Phi) is 7.81. The Hall–Kier alpha value is -7.21. The summed E-state index contributed by atoms with van der Waals surface area (Å²) >= 11 is 0. The van der Waals surface area contributed by atoms with E-state index in [4.69, 9.17) is 0 Å². The highest BCUT2D eigenvalue weighted by Crippen LogP contribution is 2.56. The third kappa shape index (κ3) is 5.19. The number of allylic oxidation sites excluding steroid dienone is 8. The molecule has 2 heterocycles. The lowest BCUT2D eigenvalue weighted by molar-refractivity contribution is -0.142. The Morgan fingerprint density at radius 2 is 0.878 bits per heavy atom. The summed E-state index contributed by atoms with van der Waals surface area (Å²) in [5.41, 5.74) is -14.5. The van der Waals surface area contributed by atoms with Crippen LogP contribution in [0, 0.1) is 85.7 Å². The lowest BCUT2D eigenvalue weighted by Gasteiger charge is -2.13. The van der Waals surface area contributed by atoms with Crippen LogP contribution in [0.4, 0.5) is 39.5 Å². The van der Waals surface area contributed by atoms with Gasteiger partial charge < -0.3 is 0 Å². The summed E-state index contributed by atoms with van der Waals surface area (Å²) < 4.78 is 127. The average molecular weight is 672 g/mol. The van der Waals surface area contributed by atoms with Gasteiger partial charge in [0, 0.05) is 45.6 Å². The molecular weight excluding hydrogens is 667 g/mol. The van der Waals surface area contributed by atoms with Crippen molar-refractivity contribution in [2.75, 3.05) is 0 Å². The van der Waals surface area contributed by atoms with Crippen LogP contribution in [-0.2, 0) is 12.4 Å². The number of aromatic nitrogens is 2. The molecule has 0 saturated carbocycles. The fourth-order valence-electron chi connectivity index (χ4n) is 5.47. The van der Waals surface area contributed by atoms with Crippen LogP contribution in [0.15, 0.2) is 41.5 Å². The van der Waals surface area contributed by atoms with Gasteiger partial charge in [-0.2, -0.15) is 66.7 Å². The standard InChI is InChI=1S/C32H5F9N8/c33-22-3-12(1-20(48-22)31(36,37)38)24-18(10-46)28-16(26(24)14(6-42)7-43)5-17-27(15(8-44)9-45)25(19(11-47)29(17)30(28)35)13-2-21(32(39,40)41)49-23(34)4-13/h1-5H.